The van der Waals surface area contributed by atoms with Crippen molar-refractivity contribution in [2.75, 3.05) is 6.54 Å². The number of rotatable bonds is 10. The lowest BCUT2D eigenvalue weighted by Crippen LogP contribution is -2.56. The van der Waals surface area contributed by atoms with Gasteiger partial charge in [0, 0.05) is 12.1 Å². The molecule has 3 rings (SSSR count). The number of aryl methyl sites for hydroxylation is 1. The molecule has 0 bridgehead atoms. The van der Waals surface area contributed by atoms with E-state index in [-0.39, 0.29) is 5.92 Å². The van der Waals surface area contributed by atoms with E-state index in [0.717, 1.165) is 5.56 Å². The van der Waals surface area contributed by atoms with Gasteiger partial charge < -0.3 is 29.9 Å². The first-order chi connectivity index (χ1) is 17.1. The molecule has 3 N–H and O–H groups in total. The van der Waals surface area contributed by atoms with Gasteiger partial charge in [0.25, 0.3) is 5.91 Å². The average Bonchev–Trinajstić information content (AvgIpc) is 3.49. The second kappa shape index (κ2) is 11.7. The summed E-state index contributed by atoms with van der Waals surface area (Å²) in [5, 5.41) is 14.1. The Balaban J connectivity index is 1.74. The van der Waals surface area contributed by atoms with Gasteiger partial charge in [-0.3, -0.25) is 19.2 Å². The number of hydrogen-bond donors (Lipinski definition) is 3. The highest BCUT2D eigenvalue weighted by Crippen LogP contribution is 2.26. The van der Waals surface area contributed by atoms with E-state index in [0.29, 0.717) is 42.8 Å². The molecule has 2 aromatic rings. The van der Waals surface area contributed by atoms with E-state index in [1.54, 1.807) is 26.8 Å². The Morgan fingerprint density at radius 1 is 1.17 bits per heavy atom. The number of nitrogens with one attached hydrogen (secondary N) is 2. The number of furan rings is 1. The van der Waals surface area contributed by atoms with Gasteiger partial charge in [-0.2, -0.15) is 0 Å². The number of benzene rings is 1. The topological polar surface area (TPSA) is 146 Å². The zero-order chi connectivity index (χ0) is 26.4. The van der Waals surface area contributed by atoms with Gasteiger partial charge in [-0.05, 0) is 31.7 Å². The van der Waals surface area contributed by atoms with Gasteiger partial charge in [0.05, 0.1) is 18.0 Å². The first-order valence-corrected chi connectivity index (χ1v) is 11.9. The van der Waals surface area contributed by atoms with Crippen LogP contribution in [0.25, 0.3) is 11.3 Å². The summed E-state index contributed by atoms with van der Waals surface area (Å²) in [6, 6.07) is 8.03. The van der Waals surface area contributed by atoms with Crippen LogP contribution in [0.3, 0.4) is 0 Å². The molecule has 1 aromatic heterocycles. The van der Waals surface area contributed by atoms with Crippen LogP contribution < -0.4 is 10.6 Å². The van der Waals surface area contributed by atoms with Gasteiger partial charge in [-0.25, -0.2) is 0 Å². The van der Waals surface area contributed by atoms with Crippen LogP contribution in [0.5, 0.6) is 0 Å². The fourth-order valence-corrected chi connectivity index (χ4v) is 4.27. The third-order valence-corrected chi connectivity index (χ3v) is 6.17. The standard InChI is InChI=1S/C26H31N3O7/c1-15(2)23(28-24(33)19-13-21(36-16(19)3)17-8-5-4-6-9-17)26(35)29-11-7-10-20(29)25(34)27-18(14-30)12-22(31)32/h4-6,8-9,13-15,18,20,23H,7,10-12H2,1-3H3,(H,27,34)(H,28,33)(H,31,32). The molecule has 36 heavy (non-hydrogen) atoms. The van der Waals surface area contributed by atoms with Crippen molar-refractivity contribution in [2.24, 2.45) is 5.92 Å². The summed E-state index contributed by atoms with van der Waals surface area (Å²) >= 11 is 0. The lowest BCUT2D eigenvalue weighted by atomic mass is 10.0. The highest BCUT2D eigenvalue weighted by atomic mass is 16.4. The van der Waals surface area contributed by atoms with E-state index in [1.807, 2.05) is 30.3 Å². The first kappa shape index (κ1) is 26.7. The molecular formula is C26H31N3O7. The number of hydrogen-bond acceptors (Lipinski definition) is 6. The van der Waals surface area contributed by atoms with Crippen LogP contribution in [0.2, 0.25) is 0 Å². The van der Waals surface area contributed by atoms with E-state index < -0.39 is 48.2 Å². The first-order valence-electron chi connectivity index (χ1n) is 11.9. The number of amides is 3. The molecule has 1 saturated heterocycles. The fourth-order valence-electron chi connectivity index (χ4n) is 4.27. The minimum absolute atomic E-state index is 0.277. The lowest BCUT2D eigenvalue weighted by molar-refractivity contribution is -0.142. The number of aldehydes is 1. The van der Waals surface area contributed by atoms with E-state index >= 15 is 0 Å². The molecule has 0 spiro atoms. The molecule has 192 valence electrons. The van der Waals surface area contributed by atoms with E-state index in [4.69, 9.17) is 9.52 Å². The summed E-state index contributed by atoms with van der Waals surface area (Å²) < 4.78 is 5.77. The molecule has 1 fully saturated rings. The van der Waals surface area contributed by atoms with Crippen LogP contribution >= 0.6 is 0 Å². The monoisotopic (exact) mass is 497 g/mol. The van der Waals surface area contributed by atoms with E-state index in [9.17, 15) is 24.0 Å². The summed E-state index contributed by atoms with van der Waals surface area (Å²) in [6.45, 7) is 5.57. The molecule has 1 aliphatic heterocycles. The molecule has 3 unspecified atom stereocenters. The molecule has 10 nitrogen and oxygen atoms in total. The summed E-state index contributed by atoms with van der Waals surface area (Å²) in [5.41, 5.74) is 1.13. The molecule has 0 radical (unpaired) electrons. The number of carbonyl (C=O) groups excluding carboxylic acids is 4. The Bertz CT molecular complexity index is 1130. The van der Waals surface area contributed by atoms with Crippen molar-refractivity contribution in [1.82, 2.24) is 15.5 Å². The zero-order valence-electron chi connectivity index (χ0n) is 20.5. The Hall–Kier alpha value is -3.95. The van der Waals surface area contributed by atoms with Crippen molar-refractivity contribution in [2.45, 2.75) is 58.2 Å². The van der Waals surface area contributed by atoms with Crippen LogP contribution in [-0.2, 0) is 19.2 Å². The second-order valence-electron chi connectivity index (χ2n) is 9.18. The molecule has 3 atom stereocenters. The van der Waals surface area contributed by atoms with Crippen LogP contribution in [-0.4, -0.2) is 64.7 Å². The largest absolute Gasteiger partial charge is 0.481 e. The third-order valence-electron chi connectivity index (χ3n) is 6.17. The highest BCUT2D eigenvalue weighted by Gasteiger charge is 2.39. The minimum Gasteiger partial charge on any atom is -0.481 e. The molecule has 1 aromatic carbocycles. The van der Waals surface area contributed by atoms with Gasteiger partial charge in [-0.15, -0.1) is 0 Å². The summed E-state index contributed by atoms with van der Waals surface area (Å²) in [6.07, 6.45) is 0.752. The number of nitrogens with zero attached hydrogens (tertiary/aromatic N) is 1. The van der Waals surface area contributed by atoms with Crippen LogP contribution in [0.15, 0.2) is 40.8 Å². The second-order valence-corrected chi connectivity index (χ2v) is 9.18. The lowest BCUT2D eigenvalue weighted by Gasteiger charge is -2.30. The highest BCUT2D eigenvalue weighted by molar-refractivity contribution is 6.00. The fraction of sp³-hybridized carbons (Fsp3) is 0.423. The van der Waals surface area contributed by atoms with Gasteiger partial charge in [0.1, 0.15) is 29.9 Å². The Morgan fingerprint density at radius 2 is 1.86 bits per heavy atom. The van der Waals surface area contributed by atoms with E-state index in [1.165, 1.54) is 4.90 Å². The quantitative estimate of drug-likeness (QED) is 0.426. The van der Waals surface area contributed by atoms with Crippen molar-refractivity contribution >= 4 is 30.0 Å². The van der Waals surface area contributed by atoms with Crippen LogP contribution in [0.4, 0.5) is 0 Å². The Kier molecular flexibility index (Phi) is 8.63. The number of aliphatic carboxylic acids is 1. The predicted octanol–water partition coefficient (Wildman–Crippen LogP) is 2.16. The summed E-state index contributed by atoms with van der Waals surface area (Å²) in [4.78, 5) is 62.8. The maximum Gasteiger partial charge on any atom is 0.305 e. The Labute approximate surface area is 209 Å². The van der Waals surface area contributed by atoms with Gasteiger partial charge >= 0.3 is 5.97 Å². The normalized spacial score (nSPS) is 16.9. The van der Waals surface area contributed by atoms with Crippen molar-refractivity contribution in [1.29, 1.82) is 0 Å². The molecule has 2 heterocycles. The van der Waals surface area contributed by atoms with Gasteiger partial charge in [0.15, 0.2) is 0 Å². The predicted molar refractivity (Wildman–Crippen MR) is 130 cm³/mol. The number of carbonyl (C=O) groups is 5. The van der Waals surface area contributed by atoms with Crippen molar-refractivity contribution in [3.8, 4) is 11.3 Å². The van der Waals surface area contributed by atoms with Crippen molar-refractivity contribution in [3.05, 3.63) is 47.7 Å². The smallest absolute Gasteiger partial charge is 0.305 e. The molecule has 3 amide bonds. The van der Waals surface area contributed by atoms with Gasteiger partial charge in [-0.1, -0.05) is 44.2 Å². The third kappa shape index (κ3) is 6.18. The molecule has 10 heteroatoms. The molecule has 0 aliphatic carbocycles. The van der Waals surface area contributed by atoms with E-state index in [2.05, 4.69) is 10.6 Å². The minimum atomic E-state index is -1.22. The Morgan fingerprint density at radius 3 is 2.47 bits per heavy atom. The van der Waals surface area contributed by atoms with Gasteiger partial charge in [0.2, 0.25) is 11.8 Å². The summed E-state index contributed by atoms with van der Waals surface area (Å²) in [7, 11) is 0. The van der Waals surface area contributed by atoms with Crippen molar-refractivity contribution < 1.29 is 33.5 Å². The molecule has 0 saturated carbocycles. The number of likely N-dealkylation sites (tertiary alicyclic amines) is 1. The number of carboxylic acids is 1. The average molecular weight is 498 g/mol. The summed E-state index contributed by atoms with van der Waals surface area (Å²) in [5.74, 6) is -2.02. The molecular weight excluding hydrogens is 466 g/mol. The van der Waals surface area contributed by atoms with Crippen molar-refractivity contribution in [3.63, 3.8) is 0 Å². The maximum absolute atomic E-state index is 13.5. The maximum atomic E-state index is 13.5. The van der Waals surface area contributed by atoms with Crippen LogP contribution in [0, 0.1) is 12.8 Å². The molecule has 1 aliphatic rings. The number of carboxylic acid groups (broad SMARTS) is 1. The van der Waals surface area contributed by atoms with Crippen LogP contribution in [0.1, 0.15) is 49.2 Å². The SMILES string of the molecule is Cc1oc(-c2ccccc2)cc1C(=O)NC(C(=O)N1CCCC1C(=O)NC(C=O)CC(=O)O)C(C)C. The zero-order valence-corrected chi connectivity index (χ0v) is 20.5.